The minimum absolute atomic E-state index is 0.0552. The van der Waals surface area contributed by atoms with Crippen LogP contribution in [-0.2, 0) is 11.2 Å². The largest absolute Gasteiger partial charge is 0.436 e. The van der Waals surface area contributed by atoms with E-state index in [2.05, 4.69) is 10.3 Å². The number of oxazole rings is 1. The molecule has 0 saturated heterocycles. The zero-order valence-corrected chi connectivity index (χ0v) is 14.6. The quantitative estimate of drug-likeness (QED) is 0.525. The molecule has 1 N–H and O–H groups in total. The Bertz CT molecular complexity index is 1040. The second-order valence-electron chi connectivity index (χ2n) is 5.52. The van der Waals surface area contributed by atoms with Crippen molar-refractivity contribution >= 4 is 45.6 Å². The van der Waals surface area contributed by atoms with E-state index in [0.717, 1.165) is 10.4 Å². The first kappa shape index (κ1) is 15.9. The normalized spacial score (nSPS) is 10.9. The summed E-state index contributed by atoms with van der Waals surface area (Å²) in [6.07, 6.45) is 0.363. The summed E-state index contributed by atoms with van der Waals surface area (Å²) in [5.41, 5.74) is 2.85. The van der Waals surface area contributed by atoms with E-state index in [1.165, 1.54) is 0 Å². The van der Waals surface area contributed by atoms with Gasteiger partial charge in [0.05, 0.1) is 6.42 Å². The number of fused-ring (bicyclic) bond motifs is 1. The average Bonchev–Trinajstić information content (AvgIpc) is 3.23. The lowest BCUT2D eigenvalue weighted by atomic mass is 10.2. The van der Waals surface area contributed by atoms with Crippen LogP contribution < -0.4 is 5.32 Å². The Morgan fingerprint density at radius 1 is 1.16 bits per heavy atom. The van der Waals surface area contributed by atoms with Gasteiger partial charge in [0.2, 0.25) is 11.8 Å². The predicted molar refractivity (Wildman–Crippen MR) is 101 cm³/mol. The molecule has 2 aromatic heterocycles. The van der Waals surface area contributed by atoms with Crippen LogP contribution in [0.4, 0.5) is 5.69 Å². The van der Waals surface area contributed by atoms with Gasteiger partial charge in [-0.05, 0) is 47.8 Å². The highest BCUT2D eigenvalue weighted by molar-refractivity contribution is 7.10. The van der Waals surface area contributed by atoms with Crippen molar-refractivity contribution in [3.63, 3.8) is 0 Å². The topological polar surface area (TPSA) is 55.1 Å². The molecule has 25 heavy (non-hydrogen) atoms. The maximum absolute atomic E-state index is 12.1. The Morgan fingerprint density at radius 2 is 2.08 bits per heavy atom. The van der Waals surface area contributed by atoms with E-state index < -0.39 is 0 Å². The fourth-order valence-corrected chi connectivity index (χ4v) is 3.42. The molecule has 0 aliphatic rings. The first-order valence-electron chi connectivity index (χ1n) is 7.66. The fourth-order valence-electron chi connectivity index (χ4n) is 2.53. The number of aromatic nitrogens is 1. The summed E-state index contributed by atoms with van der Waals surface area (Å²) < 4.78 is 5.77. The smallest absolute Gasteiger partial charge is 0.229 e. The first-order chi connectivity index (χ1) is 12.2. The summed E-state index contributed by atoms with van der Waals surface area (Å²) in [4.78, 5) is 17.6. The van der Waals surface area contributed by atoms with E-state index in [9.17, 15) is 4.79 Å². The van der Waals surface area contributed by atoms with Crippen LogP contribution in [-0.4, -0.2) is 10.9 Å². The molecule has 0 aliphatic heterocycles. The molecule has 1 amide bonds. The Kier molecular flexibility index (Phi) is 4.26. The number of nitrogens with one attached hydrogen (secondary N) is 1. The van der Waals surface area contributed by atoms with E-state index in [4.69, 9.17) is 16.0 Å². The lowest BCUT2D eigenvalue weighted by molar-refractivity contribution is -0.115. The van der Waals surface area contributed by atoms with Crippen molar-refractivity contribution in [1.82, 2.24) is 4.98 Å². The molecule has 124 valence electrons. The Morgan fingerprint density at radius 3 is 2.88 bits per heavy atom. The molecule has 2 aromatic carbocycles. The fraction of sp³-hybridized carbons (Fsp3) is 0.0526. The summed E-state index contributed by atoms with van der Waals surface area (Å²) in [7, 11) is 0. The summed E-state index contributed by atoms with van der Waals surface area (Å²) in [5.74, 6) is 0.444. The van der Waals surface area contributed by atoms with Gasteiger partial charge in [-0.2, -0.15) is 0 Å². The Hall–Kier alpha value is -2.63. The minimum atomic E-state index is -0.0552. The van der Waals surface area contributed by atoms with Gasteiger partial charge in [-0.1, -0.05) is 23.7 Å². The molecule has 0 aliphatic carbocycles. The zero-order valence-electron chi connectivity index (χ0n) is 13.0. The van der Waals surface area contributed by atoms with Crippen LogP contribution in [0.25, 0.3) is 22.6 Å². The van der Waals surface area contributed by atoms with Crippen molar-refractivity contribution in [3.05, 3.63) is 69.9 Å². The highest BCUT2D eigenvalue weighted by atomic mass is 35.5. The van der Waals surface area contributed by atoms with Gasteiger partial charge < -0.3 is 9.73 Å². The average molecular weight is 369 g/mol. The number of anilines is 1. The summed E-state index contributed by atoms with van der Waals surface area (Å²) in [6.45, 7) is 0. The van der Waals surface area contributed by atoms with Crippen LogP contribution in [0.15, 0.2) is 64.4 Å². The minimum Gasteiger partial charge on any atom is -0.436 e. The standard InChI is InChI=1S/C19H13ClN2O2S/c20-13-4-1-3-12(9-13)19-22-16-10-14(6-7-17(16)24-19)21-18(23)11-15-5-2-8-25-15/h1-10H,11H2,(H,21,23). The van der Waals surface area contributed by atoms with E-state index in [0.29, 0.717) is 34.1 Å². The van der Waals surface area contributed by atoms with Crippen LogP contribution in [0.1, 0.15) is 4.88 Å². The van der Waals surface area contributed by atoms with E-state index in [1.807, 2.05) is 35.7 Å². The van der Waals surface area contributed by atoms with Gasteiger partial charge >= 0.3 is 0 Å². The Labute approximate surface area is 153 Å². The highest BCUT2D eigenvalue weighted by Crippen LogP contribution is 2.27. The van der Waals surface area contributed by atoms with E-state index in [-0.39, 0.29) is 5.91 Å². The predicted octanol–water partition coefficient (Wildman–Crippen LogP) is 5.39. The molecule has 0 atom stereocenters. The van der Waals surface area contributed by atoms with Crippen molar-refractivity contribution < 1.29 is 9.21 Å². The molecule has 4 nitrogen and oxygen atoms in total. The van der Waals surface area contributed by atoms with Crippen molar-refractivity contribution in [2.75, 3.05) is 5.32 Å². The highest BCUT2D eigenvalue weighted by Gasteiger charge is 2.11. The number of benzene rings is 2. The number of hydrogen-bond acceptors (Lipinski definition) is 4. The maximum atomic E-state index is 12.1. The van der Waals surface area contributed by atoms with Crippen molar-refractivity contribution in [3.8, 4) is 11.5 Å². The van der Waals surface area contributed by atoms with Gasteiger partial charge in [-0.25, -0.2) is 4.98 Å². The van der Waals surface area contributed by atoms with Crippen LogP contribution >= 0.6 is 22.9 Å². The number of nitrogens with zero attached hydrogens (tertiary/aromatic N) is 1. The molecule has 6 heteroatoms. The molecule has 4 aromatic rings. The van der Waals surface area contributed by atoms with Gasteiger partial charge in [-0.15, -0.1) is 11.3 Å². The molecule has 0 radical (unpaired) electrons. The molecule has 0 bridgehead atoms. The van der Waals surface area contributed by atoms with E-state index in [1.54, 1.807) is 35.6 Å². The van der Waals surface area contributed by atoms with Gasteiger partial charge in [-0.3, -0.25) is 4.79 Å². The number of rotatable bonds is 4. The zero-order chi connectivity index (χ0) is 17.2. The summed E-state index contributed by atoms with van der Waals surface area (Å²) in [5, 5.41) is 5.48. The number of thiophene rings is 1. The van der Waals surface area contributed by atoms with Gasteiger partial charge in [0, 0.05) is 21.2 Å². The third-order valence-electron chi connectivity index (χ3n) is 3.66. The number of carbonyl (C=O) groups is 1. The third kappa shape index (κ3) is 3.57. The van der Waals surface area contributed by atoms with Crippen molar-refractivity contribution in [2.45, 2.75) is 6.42 Å². The van der Waals surface area contributed by atoms with Crippen LogP contribution in [0, 0.1) is 0 Å². The monoisotopic (exact) mass is 368 g/mol. The molecule has 2 heterocycles. The van der Waals surface area contributed by atoms with Gasteiger partial charge in [0.15, 0.2) is 5.58 Å². The van der Waals surface area contributed by atoms with Crippen molar-refractivity contribution in [2.24, 2.45) is 0 Å². The molecular formula is C19H13ClN2O2S. The van der Waals surface area contributed by atoms with Crippen LogP contribution in [0.2, 0.25) is 5.02 Å². The molecule has 4 rings (SSSR count). The molecule has 0 saturated carbocycles. The van der Waals surface area contributed by atoms with E-state index >= 15 is 0 Å². The Balaban J connectivity index is 1.57. The van der Waals surface area contributed by atoms with Crippen LogP contribution in [0.3, 0.4) is 0 Å². The molecular weight excluding hydrogens is 356 g/mol. The molecule has 0 fully saturated rings. The number of halogens is 1. The maximum Gasteiger partial charge on any atom is 0.229 e. The van der Waals surface area contributed by atoms with Crippen molar-refractivity contribution in [1.29, 1.82) is 0 Å². The second kappa shape index (κ2) is 6.70. The number of amides is 1. The lowest BCUT2D eigenvalue weighted by Crippen LogP contribution is -2.13. The number of carbonyl (C=O) groups excluding carboxylic acids is 1. The summed E-state index contributed by atoms with van der Waals surface area (Å²) in [6, 6.07) is 16.6. The number of hydrogen-bond donors (Lipinski definition) is 1. The third-order valence-corrected chi connectivity index (χ3v) is 4.77. The second-order valence-corrected chi connectivity index (χ2v) is 6.98. The lowest BCUT2D eigenvalue weighted by Gasteiger charge is -2.03. The van der Waals surface area contributed by atoms with Crippen LogP contribution in [0.5, 0.6) is 0 Å². The van der Waals surface area contributed by atoms with Gasteiger partial charge in [0.25, 0.3) is 0 Å². The first-order valence-corrected chi connectivity index (χ1v) is 8.92. The molecule has 0 unspecified atom stereocenters. The summed E-state index contributed by atoms with van der Waals surface area (Å²) >= 11 is 7.59. The SMILES string of the molecule is O=C(Cc1cccs1)Nc1ccc2oc(-c3cccc(Cl)c3)nc2c1. The molecule has 0 spiro atoms. The van der Waals surface area contributed by atoms with Gasteiger partial charge in [0.1, 0.15) is 5.52 Å².